The van der Waals surface area contributed by atoms with Gasteiger partial charge in [0, 0.05) is 4.88 Å². The fourth-order valence-corrected chi connectivity index (χ4v) is 3.47. The highest BCUT2D eigenvalue weighted by molar-refractivity contribution is 7.18. The summed E-state index contributed by atoms with van der Waals surface area (Å²) in [5.74, 6) is 0.627. The summed E-state index contributed by atoms with van der Waals surface area (Å²) in [5.41, 5.74) is 0.797. The number of aryl methyl sites for hydroxylation is 2. The van der Waals surface area contributed by atoms with E-state index in [0.29, 0.717) is 22.0 Å². The number of rotatable bonds is 3. The molecule has 1 saturated carbocycles. The topological polar surface area (TPSA) is 72.0 Å². The van der Waals surface area contributed by atoms with Crippen LogP contribution >= 0.6 is 11.3 Å². The van der Waals surface area contributed by atoms with Crippen molar-refractivity contribution in [3.8, 4) is 0 Å². The van der Waals surface area contributed by atoms with Crippen molar-refractivity contribution in [3.05, 3.63) is 26.6 Å². The first kappa shape index (κ1) is 14.3. The third-order valence-corrected chi connectivity index (χ3v) is 5.25. The van der Waals surface area contributed by atoms with E-state index in [1.807, 2.05) is 20.8 Å². The highest BCUT2D eigenvalue weighted by atomic mass is 32.1. The second-order valence-corrected chi connectivity index (χ2v) is 7.02. The van der Waals surface area contributed by atoms with Crippen LogP contribution in [0.2, 0.25) is 0 Å². The molecule has 21 heavy (non-hydrogen) atoms. The first-order valence-corrected chi connectivity index (χ1v) is 7.90. The van der Waals surface area contributed by atoms with E-state index < -0.39 is 6.10 Å². The van der Waals surface area contributed by atoms with Gasteiger partial charge in [-0.05, 0) is 38.7 Å². The van der Waals surface area contributed by atoms with Crippen LogP contribution in [0.3, 0.4) is 0 Å². The Labute approximate surface area is 126 Å². The zero-order chi connectivity index (χ0) is 15.3. The maximum Gasteiger partial charge on any atom is 0.309 e. The van der Waals surface area contributed by atoms with E-state index in [2.05, 4.69) is 9.97 Å². The number of ether oxygens (including phenoxy) is 1. The molecule has 0 radical (unpaired) electrons. The summed E-state index contributed by atoms with van der Waals surface area (Å²) >= 11 is 1.49. The minimum atomic E-state index is -0.537. The molecule has 0 unspecified atom stereocenters. The summed E-state index contributed by atoms with van der Waals surface area (Å²) in [5, 5.41) is 0.635. The first-order chi connectivity index (χ1) is 9.88. The Morgan fingerprint density at radius 2 is 2.14 bits per heavy atom. The largest absolute Gasteiger partial charge is 0.454 e. The van der Waals surface area contributed by atoms with Crippen molar-refractivity contribution < 1.29 is 9.53 Å². The van der Waals surface area contributed by atoms with Crippen LogP contribution in [0.25, 0.3) is 10.2 Å². The van der Waals surface area contributed by atoms with Crippen LogP contribution in [0.5, 0.6) is 0 Å². The molecule has 1 N–H and O–H groups in total. The maximum absolute atomic E-state index is 12.2. The van der Waals surface area contributed by atoms with Crippen molar-refractivity contribution in [1.82, 2.24) is 9.97 Å². The molecule has 0 aliphatic heterocycles. The van der Waals surface area contributed by atoms with Crippen molar-refractivity contribution in [2.45, 2.75) is 40.2 Å². The van der Waals surface area contributed by atoms with Crippen molar-refractivity contribution >= 4 is 27.5 Å². The number of H-pyrrole nitrogens is 1. The Balaban J connectivity index is 1.90. The van der Waals surface area contributed by atoms with E-state index in [1.54, 1.807) is 6.92 Å². The first-order valence-electron chi connectivity index (χ1n) is 7.09. The maximum atomic E-state index is 12.2. The van der Waals surface area contributed by atoms with Crippen molar-refractivity contribution in [2.24, 2.45) is 11.8 Å². The second kappa shape index (κ2) is 4.94. The monoisotopic (exact) mass is 306 g/mol. The minimum Gasteiger partial charge on any atom is -0.454 e. The van der Waals surface area contributed by atoms with Crippen molar-refractivity contribution in [2.75, 3.05) is 0 Å². The summed E-state index contributed by atoms with van der Waals surface area (Å²) in [6, 6.07) is 0. The molecule has 2 aromatic rings. The fraction of sp³-hybridized carbons (Fsp3) is 0.533. The standard InChI is InChI=1S/C15H18N2O3S/c1-6-5-10(6)15(19)20-8(3)12-16-13(18)11-7(2)9(4)21-14(11)17-12/h6,8,10H,5H2,1-4H3,(H,16,17,18)/t6-,8-,10+/m0/s1. The fourth-order valence-electron chi connectivity index (χ4n) is 2.43. The highest BCUT2D eigenvalue weighted by Crippen LogP contribution is 2.39. The lowest BCUT2D eigenvalue weighted by Gasteiger charge is -2.12. The van der Waals surface area contributed by atoms with Gasteiger partial charge in [0.25, 0.3) is 5.56 Å². The smallest absolute Gasteiger partial charge is 0.309 e. The van der Waals surface area contributed by atoms with Crippen molar-refractivity contribution in [3.63, 3.8) is 0 Å². The number of carbonyl (C=O) groups excluding carboxylic acids is 1. The average Bonchev–Trinajstić information content (AvgIpc) is 3.07. The molecule has 5 nitrogen and oxygen atoms in total. The summed E-state index contributed by atoms with van der Waals surface area (Å²) < 4.78 is 5.40. The molecule has 3 atom stereocenters. The Morgan fingerprint density at radius 1 is 1.48 bits per heavy atom. The summed E-state index contributed by atoms with van der Waals surface area (Å²) in [6.07, 6.45) is 0.350. The van der Waals surface area contributed by atoms with Gasteiger partial charge in [0.1, 0.15) is 4.83 Å². The number of fused-ring (bicyclic) bond motifs is 1. The molecule has 0 aromatic carbocycles. The quantitative estimate of drug-likeness (QED) is 0.885. The lowest BCUT2D eigenvalue weighted by molar-refractivity contribution is -0.150. The molecule has 1 aliphatic rings. The number of hydrogen-bond acceptors (Lipinski definition) is 5. The van der Waals surface area contributed by atoms with E-state index in [1.165, 1.54) is 11.3 Å². The zero-order valence-electron chi connectivity index (χ0n) is 12.5. The zero-order valence-corrected chi connectivity index (χ0v) is 13.3. The van der Waals surface area contributed by atoms with Crippen LogP contribution in [0, 0.1) is 25.7 Å². The molecule has 0 bridgehead atoms. The van der Waals surface area contributed by atoms with Crippen LogP contribution in [0.15, 0.2) is 4.79 Å². The second-order valence-electron chi connectivity index (χ2n) is 5.81. The number of thiophene rings is 1. The van der Waals surface area contributed by atoms with Gasteiger partial charge in [-0.2, -0.15) is 0 Å². The van der Waals surface area contributed by atoms with Gasteiger partial charge < -0.3 is 9.72 Å². The van der Waals surface area contributed by atoms with Crippen LogP contribution in [0.1, 0.15) is 42.6 Å². The van der Waals surface area contributed by atoms with Gasteiger partial charge in [0.05, 0.1) is 11.3 Å². The number of hydrogen-bond donors (Lipinski definition) is 1. The van der Waals surface area contributed by atoms with Crippen LogP contribution in [-0.4, -0.2) is 15.9 Å². The molecule has 0 saturated heterocycles. The predicted octanol–water partition coefficient (Wildman–Crippen LogP) is 2.86. The SMILES string of the molecule is Cc1sc2nc([C@H](C)OC(=O)[C@@H]3C[C@@H]3C)[nH]c(=O)c2c1C. The normalized spacial score (nSPS) is 22.3. The van der Waals surface area contributed by atoms with E-state index >= 15 is 0 Å². The molecule has 2 heterocycles. The number of carbonyl (C=O) groups is 1. The van der Waals surface area contributed by atoms with E-state index in [9.17, 15) is 9.59 Å². The van der Waals surface area contributed by atoms with Gasteiger partial charge in [0.15, 0.2) is 11.9 Å². The molecular weight excluding hydrogens is 288 g/mol. The molecule has 1 fully saturated rings. The van der Waals surface area contributed by atoms with Crippen LogP contribution in [0.4, 0.5) is 0 Å². The lowest BCUT2D eigenvalue weighted by Crippen LogP contribution is -2.18. The molecule has 0 amide bonds. The van der Waals surface area contributed by atoms with E-state index in [4.69, 9.17) is 4.74 Å². The molecule has 3 rings (SSSR count). The molecular formula is C15H18N2O3S. The van der Waals surface area contributed by atoms with Crippen molar-refractivity contribution in [1.29, 1.82) is 0 Å². The number of nitrogens with zero attached hydrogens (tertiary/aromatic N) is 1. The number of aromatic amines is 1. The Morgan fingerprint density at radius 3 is 2.76 bits per heavy atom. The number of aromatic nitrogens is 2. The average molecular weight is 306 g/mol. The van der Waals surface area contributed by atoms with E-state index in [-0.39, 0.29) is 17.4 Å². The predicted molar refractivity (Wildman–Crippen MR) is 81.5 cm³/mol. The third kappa shape index (κ3) is 2.48. The Hall–Kier alpha value is -1.69. The summed E-state index contributed by atoms with van der Waals surface area (Å²) in [7, 11) is 0. The van der Waals surface area contributed by atoms with Gasteiger partial charge in [0.2, 0.25) is 0 Å². The Bertz CT molecular complexity index is 777. The molecule has 1 aliphatic carbocycles. The summed E-state index contributed by atoms with van der Waals surface area (Å²) in [4.78, 5) is 33.0. The summed E-state index contributed by atoms with van der Waals surface area (Å²) in [6.45, 7) is 7.66. The minimum absolute atomic E-state index is 0.00845. The van der Waals surface area contributed by atoms with Gasteiger partial charge in [-0.15, -0.1) is 11.3 Å². The van der Waals surface area contributed by atoms with Gasteiger partial charge in [-0.25, -0.2) is 4.98 Å². The molecule has 0 spiro atoms. The highest BCUT2D eigenvalue weighted by Gasteiger charge is 2.41. The van der Waals surface area contributed by atoms with Crippen LogP contribution < -0.4 is 5.56 Å². The van der Waals surface area contributed by atoms with Gasteiger partial charge in [-0.3, -0.25) is 9.59 Å². The van der Waals surface area contributed by atoms with Gasteiger partial charge >= 0.3 is 5.97 Å². The molecule has 2 aromatic heterocycles. The number of esters is 1. The lowest BCUT2D eigenvalue weighted by atomic mass is 10.2. The van der Waals surface area contributed by atoms with Crippen LogP contribution in [-0.2, 0) is 9.53 Å². The Kier molecular flexibility index (Phi) is 3.36. The van der Waals surface area contributed by atoms with E-state index in [0.717, 1.165) is 16.9 Å². The number of nitrogens with one attached hydrogen (secondary N) is 1. The molecule has 6 heteroatoms. The molecule has 112 valence electrons. The van der Waals surface area contributed by atoms with Gasteiger partial charge in [-0.1, -0.05) is 6.92 Å². The third-order valence-electron chi connectivity index (χ3n) is 4.15.